The maximum absolute atomic E-state index is 12.7. The van der Waals surface area contributed by atoms with Gasteiger partial charge in [-0.1, -0.05) is 18.2 Å². The summed E-state index contributed by atoms with van der Waals surface area (Å²) in [5, 5.41) is 0. The van der Waals surface area contributed by atoms with Gasteiger partial charge < -0.3 is 0 Å². The van der Waals surface area contributed by atoms with Crippen molar-refractivity contribution in [3.05, 3.63) is 67.3 Å². The third-order valence-corrected chi connectivity index (χ3v) is 4.35. The Kier molecular flexibility index (Phi) is 4.09. The number of hydrogen-bond donors (Lipinski definition) is 0. The van der Waals surface area contributed by atoms with E-state index >= 15 is 0 Å². The van der Waals surface area contributed by atoms with E-state index < -0.39 is 0 Å². The van der Waals surface area contributed by atoms with E-state index in [2.05, 4.69) is 42.5 Å². The third-order valence-electron chi connectivity index (χ3n) is 3.68. The van der Waals surface area contributed by atoms with Crippen molar-refractivity contribution in [1.82, 2.24) is 0 Å². The Morgan fingerprint density at radius 2 is 1.53 bits per heavy atom. The van der Waals surface area contributed by atoms with Crippen LogP contribution in [0.15, 0.2) is 30.3 Å². The molecule has 2 aromatic rings. The number of halogens is 1. The van der Waals surface area contributed by atoms with E-state index in [1.807, 2.05) is 38.1 Å². The summed E-state index contributed by atoms with van der Waals surface area (Å²) in [5.41, 5.74) is 6.16. The zero-order valence-electron chi connectivity index (χ0n) is 11.7. The summed E-state index contributed by atoms with van der Waals surface area (Å²) in [7, 11) is 0. The Morgan fingerprint density at radius 1 is 0.947 bits per heavy atom. The monoisotopic (exact) mass is 364 g/mol. The van der Waals surface area contributed by atoms with E-state index in [-0.39, 0.29) is 5.78 Å². The fraction of sp³-hybridized carbons (Fsp3) is 0.235. The highest BCUT2D eigenvalue weighted by Gasteiger charge is 2.17. The van der Waals surface area contributed by atoms with E-state index in [4.69, 9.17) is 0 Å². The SMILES string of the molecule is Cc1cc(C)c(C)c(C(=O)c2cccc(I)c2)c1C. The van der Waals surface area contributed by atoms with Gasteiger partial charge >= 0.3 is 0 Å². The van der Waals surface area contributed by atoms with Crippen LogP contribution in [-0.4, -0.2) is 5.78 Å². The second kappa shape index (κ2) is 5.45. The number of carbonyl (C=O) groups excluding carboxylic acids is 1. The van der Waals surface area contributed by atoms with Crippen LogP contribution < -0.4 is 0 Å². The lowest BCUT2D eigenvalue weighted by molar-refractivity contribution is 0.103. The van der Waals surface area contributed by atoms with Crippen molar-refractivity contribution in [2.24, 2.45) is 0 Å². The Morgan fingerprint density at radius 3 is 2.05 bits per heavy atom. The molecule has 0 spiro atoms. The minimum Gasteiger partial charge on any atom is -0.289 e. The average Bonchev–Trinajstić information content (AvgIpc) is 2.36. The van der Waals surface area contributed by atoms with Gasteiger partial charge in [0.25, 0.3) is 0 Å². The van der Waals surface area contributed by atoms with Gasteiger partial charge in [-0.05, 0) is 84.7 Å². The molecule has 19 heavy (non-hydrogen) atoms. The van der Waals surface area contributed by atoms with Gasteiger partial charge in [-0.15, -0.1) is 0 Å². The molecule has 1 nitrogen and oxygen atoms in total. The van der Waals surface area contributed by atoms with Gasteiger partial charge in [0, 0.05) is 14.7 Å². The van der Waals surface area contributed by atoms with Gasteiger partial charge in [0.05, 0.1) is 0 Å². The quantitative estimate of drug-likeness (QED) is 0.555. The Hall–Kier alpha value is -1.16. The summed E-state index contributed by atoms with van der Waals surface area (Å²) in [4.78, 5) is 12.7. The molecule has 2 aromatic carbocycles. The van der Waals surface area contributed by atoms with Crippen molar-refractivity contribution in [3.63, 3.8) is 0 Å². The summed E-state index contributed by atoms with van der Waals surface area (Å²) < 4.78 is 1.09. The first-order chi connectivity index (χ1) is 8.91. The van der Waals surface area contributed by atoms with Crippen LogP contribution in [0.2, 0.25) is 0 Å². The molecule has 0 N–H and O–H groups in total. The second-order valence-electron chi connectivity index (χ2n) is 4.97. The molecule has 0 bridgehead atoms. The molecule has 0 unspecified atom stereocenters. The second-order valence-corrected chi connectivity index (χ2v) is 6.22. The molecule has 0 amide bonds. The van der Waals surface area contributed by atoms with Gasteiger partial charge in [-0.25, -0.2) is 0 Å². The van der Waals surface area contributed by atoms with E-state index in [1.165, 1.54) is 11.1 Å². The lowest BCUT2D eigenvalue weighted by Crippen LogP contribution is -2.09. The summed E-state index contributed by atoms with van der Waals surface area (Å²) >= 11 is 2.24. The number of hydrogen-bond acceptors (Lipinski definition) is 1. The van der Waals surface area contributed by atoms with E-state index in [9.17, 15) is 4.79 Å². The van der Waals surface area contributed by atoms with Gasteiger partial charge in [-0.2, -0.15) is 0 Å². The summed E-state index contributed by atoms with van der Waals surface area (Å²) in [6, 6.07) is 9.91. The van der Waals surface area contributed by atoms with E-state index in [0.717, 1.165) is 25.8 Å². The fourth-order valence-electron chi connectivity index (χ4n) is 2.33. The zero-order chi connectivity index (χ0) is 14.2. The molecule has 2 rings (SSSR count). The lowest BCUT2D eigenvalue weighted by atomic mass is 9.89. The first kappa shape index (κ1) is 14.3. The van der Waals surface area contributed by atoms with Gasteiger partial charge in [0.2, 0.25) is 0 Å². The molecule has 0 fully saturated rings. The number of benzene rings is 2. The number of aryl methyl sites for hydroxylation is 2. The molecule has 0 radical (unpaired) electrons. The van der Waals surface area contributed by atoms with E-state index in [0.29, 0.717) is 0 Å². The lowest BCUT2D eigenvalue weighted by Gasteiger charge is -2.14. The van der Waals surface area contributed by atoms with Crippen LogP contribution in [0.4, 0.5) is 0 Å². The smallest absolute Gasteiger partial charge is 0.193 e. The maximum Gasteiger partial charge on any atom is 0.193 e. The Balaban J connectivity index is 2.62. The van der Waals surface area contributed by atoms with Crippen molar-refractivity contribution >= 4 is 28.4 Å². The predicted molar refractivity (Wildman–Crippen MR) is 88.0 cm³/mol. The minimum absolute atomic E-state index is 0.125. The molecular weight excluding hydrogens is 347 g/mol. The number of rotatable bonds is 2. The van der Waals surface area contributed by atoms with Crippen LogP contribution >= 0.6 is 22.6 Å². The van der Waals surface area contributed by atoms with Gasteiger partial charge in [0.15, 0.2) is 5.78 Å². The normalized spacial score (nSPS) is 10.6. The fourth-order valence-corrected chi connectivity index (χ4v) is 2.87. The highest BCUT2D eigenvalue weighted by molar-refractivity contribution is 14.1. The van der Waals surface area contributed by atoms with Crippen LogP contribution in [0.1, 0.15) is 38.2 Å². The maximum atomic E-state index is 12.7. The molecule has 0 saturated heterocycles. The standard InChI is InChI=1S/C17H17IO/c1-10-8-11(2)13(4)16(12(10)3)17(19)14-6-5-7-15(18)9-14/h5-9H,1-4H3. The van der Waals surface area contributed by atoms with Crippen LogP contribution in [0.3, 0.4) is 0 Å². The first-order valence-electron chi connectivity index (χ1n) is 6.29. The predicted octanol–water partition coefficient (Wildman–Crippen LogP) is 4.76. The summed E-state index contributed by atoms with van der Waals surface area (Å²) in [6.07, 6.45) is 0. The molecule has 0 aromatic heterocycles. The highest BCUT2D eigenvalue weighted by Crippen LogP contribution is 2.24. The van der Waals surface area contributed by atoms with Crippen LogP contribution in [0, 0.1) is 31.3 Å². The van der Waals surface area contributed by atoms with Crippen molar-refractivity contribution < 1.29 is 4.79 Å². The molecule has 0 saturated carbocycles. The first-order valence-corrected chi connectivity index (χ1v) is 7.37. The molecule has 0 heterocycles. The highest BCUT2D eigenvalue weighted by atomic mass is 127. The topological polar surface area (TPSA) is 17.1 Å². The van der Waals surface area contributed by atoms with Crippen molar-refractivity contribution in [2.45, 2.75) is 27.7 Å². The molecule has 0 aliphatic carbocycles. The summed E-state index contributed by atoms with van der Waals surface area (Å²) in [6.45, 7) is 8.19. The molecule has 0 aliphatic rings. The van der Waals surface area contributed by atoms with Crippen molar-refractivity contribution in [2.75, 3.05) is 0 Å². The zero-order valence-corrected chi connectivity index (χ0v) is 13.8. The Labute approximate surface area is 128 Å². The molecule has 98 valence electrons. The molecule has 2 heteroatoms. The molecule has 0 aliphatic heterocycles. The van der Waals surface area contributed by atoms with Crippen LogP contribution in [-0.2, 0) is 0 Å². The van der Waals surface area contributed by atoms with Crippen LogP contribution in [0.25, 0.3) is 0 Å². The average molecular weight is 364 g/mol. The molecular formula is C17H17IO. The van der Waals surface area contributed by atoms with Gasteiger partial charge in [0.1, 0.15) is 0 Å². The summed E-state index contributed by atoms with van der Waals surface area (Å²) in [5.74, 6) is 0.125. The minimum atomic E-state index is 0.125. The molecule has 0 atom stereocenters. The third kappa shape index (κ3) is 2.73. The number of carbonyl (C=O) groups is 1. The van der Waals surface area contributed by atoms with Crippen molar-refractivity contribution in [1.29, 1.82) is 0 Å². The van der Waals surface area contributed by atoms with Crippen LogP contribution in [0.5, 0.6) is 0 Å². The Bertz CT molecular complexity index is 630. The van der Waals surface area contributed by atoms with Gasteiger partial charge in [-0.3, -0.25) is 4.79 Å². The largest absolute Gasteiger partial charge is 0.289 e. The van der Waals surface area contributed by atoms with Crippen molar-refractivity contribution in [3.8, 4) is 0 Å². The van der Waals surface area contributed by atoms with E-state index in [1.54, 1.807) is 0 Å². The number of ketones is 1.